The number of para-hydroxylation sites is 1. The minimum Gasteiger partial charge on any atom is -0.455 e. The molecule has 8 atom stereocenters. The topological polar surface area (TPSA) is 147 Å². The third kappa shape index (κ3) is 6.09. The number of fused-ring (bicyclic) bond motifs is 3. The zero-order chi connectivity index (χ0) is 36.7. The average Bonchev–Trinajstić information content (AvgIpc) is 3.74. The molecular formula is C39H46N6O7. The van der Waals surface area contributed by atoms with E-state index in [4.69, 9.17) is 9.47 Å². The molecule has 2 aromatic carbocycles. The molecule has 4 aliphatic rings. The maximum absolute atomic E-state index is 15.0. The van der Waals surface area contributed by atoms with Crippen LogP contribution in [0.15, 0.2) is 78.9 Å². The quantitative estimate of drug-likeness (QED) is 0.288. The fourth-order valence-corrected chi connectivity index (χ4v) is 8.40. The summed E-state index contributed by atoms with van der Waals surface area (Å²) in [5.41, 5.74) is 0.590. The first kappa shape index (κ1) is 35.5. The molecule has 0 bridgehead atoms. The predicted molar refractivity (Wildman–Crippen MR) is 190 cm³/mol. The Kier molecular flexibility index (Phi) is 9.75. The summed E-state index contributed by atoms with van der Waals surface area (Å²) in [4.78, 5) is 62.5. The fraction of sp³-hybridized carbons (Fsp3) is 0.487. The Morgan fingerprint density at radius 3 is 2.50 bits per heavy atom. The lowest BCUT2D eigenvalue weighted by molar-refractivity contribution is -0.164. The lowest BCUT2D eigenvalue weighted by Crippen LogP contribution is -2.58. The number of aliphatic hydroxyl groups excluding tert-OH is 1. The van der Waals surface area contributed by atoms with Gasteiger partial charge in [0.2, 0.25) is 11.8 Å². The van der Waals surface area contributed by atoms with Crippen LogP contribution in [0, 0.1) is 17.8 Å². The van der Waals surface area contributed by atoms with Crippen LogP contribution in [-0.4, -0.2) is 109 Å². The number of amides is 3. The van der Waals surface area contributed by atoms with E-state index >= 15 is 0 Å². The van der Waals surface area contributed by atoms with Gasteiger partial charge in [0.15, 0.2) is 0 Å². The Morgan fingerprint density at radius 1 is 1.00 bits per heavy atom. The van der Waals surface area contributed by atoms with E-state index in [0.29, 0.717) is 23.9 Å². The van der Waals surface area contributed by atoms with Gasteiger partial charge in [-0.25, -0.2) is 4.68 Å². The van der Waals surface area contributed by atoms with Gasteiger partial charge in [-0.3, -0.25) is 19.2 Å². The van der Waals surface area contributed by atoms with Crippen molar-refractivity contribution in [2.75, 3.05) is 20.2 Å². The molecule has 52 heavy (non-hydrogen) atoms. The van der Waals surface area contributed by atoms with Crippen molar-refractivity contribution in [1.82, 2.24) is 29.7 Å². The zero-order valence-corrected chi connectivity index (χ0v) is 29.9. The highest BCUT2D eigenvalue weighted by Crippen LogP contribution is 2.54. The number of hydrogen-bond donors (Lipinski definition) is 1. The molecule has 2 saturated heterocycles. The normalized spacial score (nSPS) is 30.8. The molecule has 7 rings (SSSR count). The van der Waals surface area contributed by atoms with Gasteiger partial charge in [-0.1, -0.05) is 85.8 Å². The number of carbonyl (C=O) groups excluding carboxylic acids is 4. The number of hydrogen-bond acceptors (Lipinski definition) is 9. The second kappa shape index (κ2) is 14.3. The van der Waals surface area contributed by atoms with E-state index in [0.717, 1.165) is 5.52 Å². The molecule has 5 heterocycles. The molecule has 2 fully saturated rings. The van der Waals surface area contributed by atoms with E-state index in [1.807, 2.05) is 81.4 Å². The number of allylic oxidation sites excluding steroid dienone is 1. The fourth-order valence-electron chi connectivity index (χ4n) is 8.40. The molecule has 0 aliphatic carbocycles. The Balaban J connectivity index is 1.32. The lowest BCUT2D eigenvalue weighted by atomic mass is 9.77. The van der Waals surface area contributed by atoms with Crippen molar-refractivity contribution in [3.63, 3.8) is 0 Å². The summed E-state index contributed by atoms with van der Waals surface area (Å²) in [5.74, 6) is -3.74. The molecule has 3 amide bonds. The molecule has 3 aromatic rings. The summed E-state index contributed by atoms with van der Waals surface area (Å²) in [6, 6.07) is 14.3. The van der Waals surface area contributed by atoms with Crippen molar-refractivity contribution in [3.05, 3.63) is 84.5 Å². The van der Waals surface area contributed by atoms with Crippen molar-refractivity contribution >= 4 is 34.7 Å². The van der Waals surface area contributed by atoms with Crippen LogP contribution in [0.5, 0.6) is 0 Å². The molecular weight excluding hydrogens is 664 g/mol. The molecule has 0 unspecified atom stereocenters. The molecule has 4 aliphatic heterocycles. The van der Waals surface area contributed by atoms with Crippen molar-refractivity contribution in [3.8, 4) is 0 Å². The van der Waals surface area contributed by atoms with E-state index in [-0.39, 0.29) is 44.0 Å². The van der Waals surface area contributed by atoms with Crippen LogP contribution in [0.3, 0.4) is 0 Å². The van der Waals surface area contributed by atoms with Gasteiger partial charge in [-0.05, 0) is 43.4 Å². The zero-order valence-electron chi connectivity index (χ0n) is 29.9. The highest BCUT2D eigenvalue weighted by atomic mass is 16.6. The van der Waals surface area contributed by atoms with Crippen molar-refractivity contribution in [1.29, 1.82) is 0 Å². The number of aromatic nitrogens is 3. The van der Waals surface area contributed by atoms with Gasteiger partial charge in [0.25, 0.3) is 5.91 Å². The third-order valence-electron chi connectivity index (χ3n) is 11.0. The van der Waals surface area contributed by atoms with Crippen molar-refractivity contribution in [2.45, 2.75) is 82.6 Å². The number of esters is 1. The van der Waals surface area contributed by atoms with Crippen LogP contribution >= 0.6 is 0 Å². The van der Waals surface area contributed by atoms with Gasteiger partial charge in [0, 0.05) is 20.0 Å². The van der Waals surface area contributed by atoms with Gasteiger partial charge in [0.1, 0.15) is 35.9 Å². The number of cyclic esters (lactones) is 1. The number of aliphatic hydroxyl groups is 1. The van der Waals surface area contributed by atoms with Crippen LogP contribution in [0.25, 0.3) is 11.0 Å². The van der Waals surface area contributed by atoms with Crippen LogP contribution < -0.4 is 0 Å². The number of carbonyl (C=O) groups is 4. The average molecular weight is 711 g/mol. The minimum absolute atomic E-state index is 0.0595. The van der Waals surface area contributed by atoms with Gasteiger partial charge in [-0.2, -0.15) is 0 Å². The number of nitrogens with zero attached hydrogens (tertiary/aromatic N) is 6. The van der Waals surface area contributed by atoms with E-state index < -0.39 is 59.6 Å². The highest BCUT2D eigenvalue weighted by molar-refractivity contribution is 5.99. The Bertz CT molecular complexity index is 1890. The van der Waals surface area contributed by atoms with E-state index in [9.17, 15) is 24.3 Å². The van der Waals surface area contributed by atoms with Gasteiger partial charge >= 0.3 is 5.97 Å². The number of benzene rings is 2. The molecule has 0 saturated carbocycles. The molecule has 1 N–H and O–H groups in total. The smallest absolute Gasteiger partial charge is 0.313 e. The second-order valence-electron chi connectivity index (χ2n) is 14.7. The van der Waals surface area contributed by atoms with Gasteiger partial charge in [-0.15, -0.1) is 5.10 Å². The Labute approximate surface area is 302 Å². The first-order valence-corrected chi connectivity index (χ1v) is 18.1. The third-order valence-corrected chi connectivity index (χ3v) is 11.0. The maximum atomic E-state index is 15.0. The Hall–Kier alpha value is -4.88. The standard InChI is InChI=1S/C39H46N6O7/c1-24(2)21-27(22-46)45-35-37(49)43(23-44-29-16-9-8-15-28(29)40-41-44)20-12-19-39(35)33(36(45)48)32-30(52-39)17-10-11-18-31(47)42(4)25(3)34(51-38(32)50)26-13-6-5-7-14-26/h5-10,12-17,19,24-25,27,30,32-35,46H,11,18,20-23H2,1-4H3/b17-10-/t25-,27+,30-,32+,33+,34+,35-,39+/m0/s1. The minimum atomic E-state index is -1.54. The Morgan fingerprint density at radius 2 is 1.75 bits per heavy atom. The van der Waals surface area contributed by atoms with E-state index in [2.05, 4.69) is 10.3 Å². The van der Waals surface area contributed by atoms with Gasteiger partial charge in [0.05, 0.1) is 36.2 Å². The molecule has 1 aromatic heterocycles. The molecule has 1 spiro atoms. The summed E-state index contributed by atoms with van der Waals surface area (Å²) in [5, 5.41) is 19.3. The van der Waals surface area contributed by atoms with Crippen LogP contribution in [-0.2, 0) is 35.3 Å². The van der Waals surface area contributed by atoms with Gasteiger partial charge < -0.3 is 29.3 Å². The summed E-state index contributed by atoms with van der Waals surface area (Å²) in [6.45, 7) is 5.69. The number of ether oxygens (including phenoxy) is 2. The molecule has 13 nitrogen and oxygen atoms in total. The first-order valence-electron chi connectivity index (χ1n) is 18.1. The lowest BCUT2D eigenvalue weighted by Gasteiger charge is -2.39. The monoisotopic (exact) mass is 710 g/mol. The molecule has 0 radical (unpaired) electrons. The molecule has 274 valence electrons. The second-order valence-corrected chi connectivity index (χ2v) is 14.7. The number of likely N-dealkylation sites (N-methyl/N-ethyl adjacent to an activating group) is 1. The molecule has 13 heteroatoms. The summed E-state index contributed by atoms with van der Waals surface area (Å²) in [6.07, 6.45) is 6.39. The van der Waals surface area contributed by atoms with Crippen LogP contribution in [0.4, 0.5) is 0 Å². The predicted octanol–water partition coefficient (Wildman–Crippen LogP) is 3.26. The summed E-state index contributed by atoms with van der Waals surface area (Å²) < 4.78 is 14.9. The van der Waals surface area contributed by atoms with Crippen LogP contribution in [0.1, 0.15) is 51.7 Å². The first-order chi connectivity index (χ1) is 25.1. The van der Waals surface area contributed by atoms with E-state index in [1.165, 1.54) is 4.90 Å². The highest BCUT2D eigenvalue weighted by Gasteiger charge is 2.72. The van der Waals surface area contributed by atoms with Crippen LogP contribution in [0.2, 0.25) is 0 Å². The van der Waals surface area contributed by atoms with Crippen molar-refractivity contribution < 1.29 is 33.8 Å². The van der Waals surface area contributed by atoms with Crippen molar-refractivity contribution in [2.24, 2.45) is 17.8 Å². The van der Waals surface area contributed by atoms with E-state index in [1.54, 1.807) is 39.8 Å². The maximum Gasteiger partial charge on any atom is 0.313 e. The SMILES string of the molecule is CC(C)C[C@H](CO)N1C(=O)[C@H]2[C@@H]3C(=O)O[C@@H](c4ccccc4)[C@H](C)N(C)C(=O)CC/C=C\[C@@H]3O[C@]23C=CCN(Cn2nnc4ccccc42)C(=O)[C@H]13. The summed E-state index contributed by atoms with van der Waals surface area (Å²) >= 11 is 0. The summed E-state index contributed by atoms with van der Waals surface area (Å²) in [7, 11) is 1.70. The number of rotatable bonds is 7. The largest absolute Gasteiger partial charge is 0.455 e. The number of likely N-dealkylation sites (tertiary alicyclic amines) is 1.